The van der Waals surface area contributed by atoms with E-state index in [1.165, 1.54) is 21.5 Å². The first-order valence-corrected chi connectivity index (χ1v) is 10.7. The monoisotopic (exact) mass is 397 g/mol. The maximum atomic E-state index is 12.7. The molecule has 0 unspecified atom stereocenters. The number of anilines is 1. The van der Waals surface area contributed by atoms with Crippen molar-refractivity contribution in [2.75, 3.05) is 10.6 Å². The molecule has 8 heteroatoms. The summed E-state index contributed by atoms with van der Waals surface area (Å²) in [6, 6.07) is 11.8. The third kappa shape index (κ3) is 3.09. The molecule has 1 aliphatic rings. The van der Waals surface area contributed by atoms with E-state index in [1.807, 2.05) is 6.92 Å². The second-order valence-electron chi connectivity index (χ2n) is 7.07. The molecule has 0 aliphatic carbocycles. The molecule has 2 heterocycles. The van der Waals surface area contributed by atoms with Crippen LogP contribution >= 0.6 is 0 Å². The molecule has 0 radical (unpaired) electrons. The largest absolute Gasteiger partial charge is 0.292 e. The van der Waals surface area contributed by atoms with Gasteiger partial charge in [-0.3, -0.25) is 18.5 Å². The Balaban J connectivity index is 1.65. The van der Waals surface area contributed by atoms with E-state index in [2.05, 4.69) is 4.98 Å². The van der Waals surface area contributed by atoms with E-state index in [0.29, 0.717) is 28.6 Å². The van der Waals surface area contributed by atoms with Gasteiger partial charge in [-0.15, -0.1) is 0 Å². The molecular formula is C20H19N3O4S. The van der Waals surface area contributed by atoms with Crippen molar-refractivity contribution in [2.24, 2.45) is 0 Å². The molecule has 0 N–H and O–H groups in total. The minimum absolute atomic E-state index is 0.124. The van der Waals surface area contributed by atoms with Crippen molar-refractivity contribution in [2.45, 2.75) is 25.9 Å². The van der Waals surface area contributed by atoms with Crippen molar-refractivity contribution in [3.63, 3.8) is 0 Å². The van der Waals surface area contributed by atoms with Crippen molar-refractivity contribution in [3.05, 3.63) is 70.3 Å². The van der Waals surface area contributed by atoms with E-state index >= 15 is 0 Å². The molecule has 0 bridgehead atoms. The van der Waals surface area contributed by atoms with Gasteiger partial charge in [0.05, 0.1) is 35.7 Å². The fourth-order valence-electron chi connectivity index (χ4n) is 3.75. The summed E-state index contributed by atoms with van der Waals surface area (Å²) in [7, 11) is -3.38. The molecule has 1 atom stereocenters. The summed E-state index contributed by atoms with van der Waals surface area (Å²) in [5.74, 6) is -0.229. The Labute approximate surface area is 162 Å². The summed E-state index contributed by atoms with van der Waals surface area (Å²) >= 11 is 0. The predicted octanol–water partition coefficient (Wildman–Crippen LogP) is 1.99. The van der Waals surface area contributed by atoms with E-state index in [-0.39, 0.29) is 23.9 Å². The Morgan fingerprint density at radius 2 is 1.96 bits per heavy atom. The number of fused-ring (bicyclic) bond motifs is 2. The van der Waals surface area contributed by atoms with Crippen LogP contribution in [0.15, 0.2) is 53.6 Å². The Hall–Kier alpha value is -3.00. The fourth-order valence-corrected chi connectivity index (χ4v) is 5.01. The van der Waals surface area contributed by atoms with Crippen molar-refractivity contribution in [1.29, 1.82) is 0 Å². The minimum Gasteiger partial charge on any atom is -0.292 e. The summed E-state index contributed by atoms with van der Waals surface area (Å²) in [6.07, 6.45) is 3.10. The lowest BCUT2D eigenvalue weighted by atomic mass is 10.0. The number of hydrogen-bond donors (Lipinski definition) is 0. The normalized spacial score (nSPS) is 16.4. The highest BCUT2D eigenvalue weighted by atomic mass is 32.2. The number of carbonyl (C=O) groups is 1. The first-order chi connectivity index (χ1) is 13.3. The van der Waals surface area contributed by atoms with Crippen LogP contribution in [0.5, 0.6) is 0 Å². The average Bonchev–Trinajstić information content (AvgIpc) is 2.99. The summed E-state index contributed by atoms with van der Waals surface area (Å²) in [5.41, 5.74) is 2.19. The second kappa shape index (κ2) is 6.56. The van der Waals surface area contributed by atoms with Crippen LogP contribution in [0.4, 0.5) is 5.69 Å². The average molecular weight is 397 g/mol. The van der Waals surface area contributed by atoms with Crippen molar-refractivity contribution in [3.8, 4) is 0 Å². The number of carbonyl (C=O) groups excluding carboxylic acids is 1. The number of hydrogen-bond acceptors (Lipinski definition) is 5. The van der Waals surface area contributed by atoms with E-state index < -0.39 is 10.0 Å². The van der Waals surface area contributed by atoms with Gasteiger partial charge in [0, 0.05) is 11.6 Å². The van der Waals surface area contributed by atoms with Gasteiger partial charge >= 0.3 is 0 Å². The molecule has 1 aromatic heterocycles. The molecule has 144 valence electrons. The lowest BCUT2D eigenvalue weighted by Gasteiger charge is -2.21. The Kier molecular flexibility index (Phi) is 4.30. The molecule has 7 nitrogen and oxygen atoms in total. The SMILES string of the molecule is C[C@H]1Cc2cc(C(=O)Cn3cnc4ccccc4c3=O)ccc2N1S(C)(=O)=O. The molecule has 3 aromatic rings. The molecule has 0 saturated heterocycles. The lowest BCUT2D eigenvalue weighted by molar-refractivity contribution is 0.0970. The summed E-state index contributed by atoms with van der Waals surface area (Å²) in [4.78, 5) is 29.5. The first kappa shape index (κ1) is 18.4. The topological polar surface area (TPSA) is 89.3 Å². The number of rotatable bonds is 4. The van der Waals surface area contributed by atoms with Gasteiger partial charge in [0.2, 0.25) is 10.0 Å². The number of aromatic nitrogens is 2. The molecular weight excluding hydrogens is 378 g/mol. The molecule has 28 heavy (non-hydrogen) atoms. The highest BCUT2D eigenvalue weighted by Gasteiger charge is 2.32. The number of nitrogens with zero attached hydrogens (tertiary/aromatic N) is 3. The van der Waals surface area contributed by atoms with Gasteiger partial charge in [-0.2, -0.15) is 0 Å². The predicted molar refractivity (Wildman–Crippen MR) is 107 cm³/mol. The smallest absolute Gasteiger partial charge is 0.261 e. The number of sulfonamides is 1. The van der Waals surface area contributed by atoms with Crippen molar-refractivity contribution in [1.82, 2.24) is 9.55 Å². The molecule has 4 rings (SSSR count). The second-order valence-corrected chi connectivity index (χ2v) is 8.93. The van der Waals surface area contributed by atoms with Gasteiger partial charge in [0.1, 0.15) is 0 Å². The third-order valence-corrected chi connectivity index (χ3v) is 6.23. The van der Waals surface area contributed by atoms with Crippen LogP contribution in [0.2, 0.25) is 0 Å². The zero-order valence-electron chi connectivity index (χ0n) is 15.5. The Morgan fingerprint density at radius 3 is 2.71 bits per heavy atom. The van der Waals surface area contributed by atoms with E-state index in [9.17, 15) is 18.0 Å². The zero-order chi connectivity index (χ0) is 20.1. The molecule has 2 aromatic carbocycles. The summed E-state index contributed by atoms with van der Waals surface area (Å²) in [6.45, 7) is 1.71. The third-order valence-electron chi connectivity index (χ3n) is 4.96. The fraction of sp³-hybridized carbons (Fsp3) is 0.250. The van der Waals surface area contributed by atoms with Gasteiger partial charge in [-0.1, -0.05) is 12.1 Å². The van der Waals surface area contributed by atoms with E-state index in [0.717, 1.165) is 5.56 Å². The minimum atomic E-state index is -3.38. The Morgan fingerprint density at radius 1 is 1.21 bits per heavy atom. The van der Waals surface area contributed by atoms with Crippen LogP contribution in [0.3, 0.4) is 0 Å². The van der Waals surface area contributed by atoms with Gasteiger partial charge in [0.15, 0.2) is 5.78 Å². The van der Waals surface area contributed by atoms with E-state index in [1.54, 1.807) is 42.5 Å². The van der Waals surface area contributed by atoms with Gasteiger partial charge in [0.25, 0.3) is 5.56 Å². The quantitative estimate of drug-likeness (QED) is 0.628. The van der Waals surface area contributed by atoms with Gasteiger partial charge in [-0.05, 0) is 49.2 Å². The molecule has 0 saturated carbocycles. The highest BCUT2D eigenvalue weighted by molar-refractivity contribution is 7.92. The highest BCUT2D eigenvalue weighted by Crippen LogP contribution is 2.34. The van der Waals surface area contributed by atoms with Crippen LogP contribution in [0, 0.1) is 0 Å². The molecule has 0 spiro atoms. The van der Waals surface area contributed by atoms with Gasteiger partial charge < -0.3 is 0 Å². The molecule has 0 fully saturated rings. The Bertz CT molecular complexity index is 1260. The number of Topliss-reactive ketones (excluding diaryl/α,β-unsaturated/α-hetero) is 1. The van der Waals surface area contributed by atoms with Crippen LogP contribution in [-0.2, 0) is 23.0 Å². The van der Waals surface area contributed by atoms with Crippen molar-refractivity contribution >= 4 is 32.4 Å². The summed E-state index contributed by atoms with van der Waals surface area (Å²) < 4.78 is 26.7. The maximum Gasteiger partial charge on any atom is 0.261 e. The zero-order valence-corrected chi connectivity index (χ0v) is 16.3. The maximum absolute atomic E-state index is 12.7. The van der Waals surface area contributed by atoms with Crippen LogP contribution in [-0.4, -0.2) is 36.0 Å². The van der Waals surface area contributed by atoms with Crippen LogP contribution in [0.1, 0.15) is 22.8 Å². The van der Waals surface area contributed by atoms with Crippen LogP contribution < -0.4 is 9.86 Å². The standard InChI is InChI=1S/C20H19N3O4S/c1-13-9-15-10-14(7-8-18(15)23(13)28(2,26)27)19(24)11-22-12-21-17-6-4-3-5-16(17)20(22)25/h3-8,10,12-13H,9,11H2,1-2H3/t13-/m0/s1. The van der Waals surface area contributed by atoms with Crippen LogP contribution in [0.25, 0.3) is 10.9 Å². The molecule has 0 amide bonds. The van der Waals surface area contributed by atoms with E-state index in [4.69, 9.17) is 0 Å². The number of para-hydroxylation sites is 1. The van der Waals surface area contributed by atoms with Crippen molar-refractivity contribution < 1.29 is 13.2 Å². The number of ketones is 1. The first-order valence-electron chi connectivity index (χ1n) is 8.85. The molecule has 1 aliphatic heterocycles. The summed E-state index contributed by atoms with van der Waals surface area (Å²) in [5, 5.41) is 0.462. The van der Waals surface area contributed by atoms with Gasteiger partial charge in [-0.25, -0.2) is 13.4 Å². The lowest BCUT2D eigenvalue weighted by Crippen LogP contribution is -2.34. The number of benzene rings is 2.